The highest BCUT2D eigenvalue weighted by Gasteiger charge is 2.27. The van der Waals surface area contributed by atoms with Crippen molar-refractivity contribution in [3.63, 3.8) is 0 Å². The molecule has 0 saturated heterocycles. The fourth-order valence-corrected chi connectivity index (χ4v) is 4.78. The van der Waals surface area contributed by atoms with Gasteiger partial charge in [0.25, 0.3) is 11.8 Å². The fourth-order valence-electron chi connectivity index (χ4n) is 4.78. The Balaban J connectivity index is 1.54. The molecule has 228 valence electrons. The van der Waals surface area contributed by atoms with Crippen LogP contribution in [0.5, 0.6) is 5.75 Å². The van der Waals surface area contributed by atoms with E-state index in [4.69, 9.17) is 4.74 Å². The molecule has 2 aromatic carbocycles. The molecule has 2 bridgehead atoms. The first-order chi connectivity index (χ1) is 20.5. The zero-order valence-corrected chi connectivity index (χ0v) is 24.8. The van der Waals surface area contributed by atoms with Crippen LogP contribution in [0.25, 0.3) is 0 Å². The summed E-state index contributed by atoms with van der Waals surface area (Å²) in [6, 6.07) is 12.7. The smallest absolute Gasteiger partial charge is 0.254 e. The summed E-state index contributed by atoms with van der Waals surface area (Å²) in [4.78, 5) is 53.8. The second-order valence-corrected chi connectivity index (χ2v) is 10.7. The van der Waals surface area contributed by atoms with Crippen LogP contribution in [0.1, 0.15) is 50.2 Å². The fraction of sp³-hybridized carbons (Fsp3) is 0.387. The SMILES string of the molecule is Cc1cc(C)n(Cc2cccc(C(=O)N3CCNC(=O)[C@H]([C@@H](C)O)NC(=O)c4ccc(C)c(c4)OCCNC(=O)C3)c2)n1. The van der Waals surface area contributed by atoms with Crippen molar-refractivity contribution in [1.29, 1.82) is 0 Å². The number of aryl methyl sites for hydroxylation is 3. The van der Waals surface area contributed by atoms with Crippen LogP contribution in [0.3, 0.4) is 0 Å². The third kappa shape index (κ3) is 8.19. The van der Waals surface area contributed by atoms with Crippen molar-refractivity contribution in [3.05, 3.63) is 82.2 Å². The number of aliphatic hydroxyl groups excluding tert-OH is 1. The Kier molecular flexibility index (Phi) is 10.1. The Morgan fingerprint density at radius 1 is 1.07 bits per heavy atom. The van der Waals surface area contributed by atoms with Crippen molar-refractivity contribution in [2.24, 2.45) is 0 Å². The molecule has 2 atom stereocenters. The molecule has 4 amide bonds. The summed E-state index contributed by atoms with van der Waals surface area (Å²) in [7, 11) is 0. The summed E-state index contributed by atoms with van der Waals surface area (Å²) in [6.45, 7) is 7.64. The minimum Gasteiger partial charge on any atom is -0.491 e. The van der Waals surface area contributed by atoms with Gasteiger partial charge >= 0.3 is 0 Å². The molecule has 0 radical (unpaired) electrons. The number of nitrogens with one attached hydrogen (secondary N) is 3. The largest absolute Gasteiger partial charge is 0.491 e. The highest BCUT2D eigenvalue weighted by molar-refractivity contribution is 5.98. The second-order valence-electron chi connectivity index (χ2n) is 10.7. The number of fused-ring (bicyclic) bond motifs is 2. The van der Waals surface area contributed by atoms with E-state index >= 15 is 0 Å². The van der Waals surface area contributed by atoms with Crippen LogP contribution >= 0.6 is 0 Å². The Hall–Kier alpha value is -4.71. The monoisotopic (exact) mass is 590 g/mol. The van der Waals surface area contributed by atoms with Crippen LogP contribution in [0, 0.1) is 20.8 Å². The van der Waals surface area contributed by atoms with Gasteiger partial charge in [-0.15, -0.1) is 0 Å². The number of aromatic nitrogens is 2. The number of carbonyl (C=O) groups excluding carboxylic acids is 4. The third-order valence-electron chi connectivity index (χ3n) is 7.10. The average Bonchev–Trinajstić information content (AvgIpc) is 3.28. The van der Waals surface area contributed by atoms with Crippen LogP contribution < -0.4 is 20.7 Å². The van der Waals surface area contributed by atoms with Gasteiger partial charge in [0.1, 0.15) is 18.4 Å². The molecule has 0 fully saturated rings. The molecule has 1 aliphatic heterocycles. The molecule has 4 N–H and O–H groups in total. The zero-order chi connectivity index (χ0) is 31.1. The van der Waals surface area contributed by atoms with Gasteiger partial charge in [0.2, 0.25) is 11.8 Å². The van der Waals surface area contributed by atoms with Crippen molar-refractivity contribution in [1.82, 2.24) is 30.6 Å². The van der Waals surface area contributed by atoms with E-state index in [2.05, 4.69) is 21.0 Å². The predicted molar refractivity (Wildman–Crippen MR) is 159 cm³/mol. The average molecular weight is 591 g/mol. The summed E-state index contributed by atoms with van der Waals surface area (Å²) in [5, 5.41) is 22.8. The minimum atomic E-state index is -1.24. The van der Waals surface area contributed by atoms with Gasteiger partial charge in [-0.3, -0.25) is 23.9 Å². The summed E-state index contributed by atoms with van der Waals surface area (Å²) in [6.07, 6.45) is -1.19. The van der Waals surface area contributed by atoms with Gasteiger partial charge in [-0.05, 0) is 69.2 Å². The number of nitrogens with zero attached hydrogens (tertiary/aromatic N) is 3. The van der Waals surface area contributed by atoms with E-state index in [1.165, 1.54) is 11.8 Å². The molecule has 4 rings (SSSR count). The number of hydrogen-bond donors (Lipinski definition) is 4. The standard InChI is InChI=1S/C31H38N6O6/c1-19-8-9-24-16-26(19)43-13-11-32-27(39)18-36(12-10-33-30(41)28(22(4)38)34-29(24)40)31(42)25-7-5-6-23(15-25)17-37-21(3)14-20(2)35-37/h5-9,14-16,22,28,38H,10-13,17-18H2,1-4H3,(H,32,39)(H,33,41)(H,34,40)/t22-,28+/m1/s1. The van der Waals surface area contributed by atoms with Gasteiger partial charge in [0.15, 0.2) is 0 Å². The van der Waals surface area contributed by atoms with Gasteiger partial charge in [-0.1, -0.05) is 18.2 Å². The molecule has 43 heavy (non-hydrogen) atoms. The molecule has 2 heterocycles. The number of ether oxygens (including phenoxy) is 1. The molecule has 0 spiro atoms. The van der Waals surface area contributed by atoms with E-state index in [-0.39, 0.29) is 44.3 Å². The third-order valence-corrected chi connectivity index (χ3v) is 7.10. The first-order valence-electron chi connectivity index (χ1n) is 14.2. The molecular formula is C31H38N6O6. The van der Waals surface area contributed by atoms with Crippen molar-refractivity contribution < 1.29 is 29.0 Å². The predicted octanol–water partition coefficient (Wildman–Crippen LogP) is 1.10. The Labute approximate surface area is 250 Å². The van der Waals surface area contributed by atoms with Crippen LogP contribution in [-0.4, -0.2) is 88.3 Å². The number of aliphatic hydroxyl groups is 1. The maximum Gasteiger partial charge on any atom is 0.254 e. The maximum atomic E-state index is 13.6. The number of benzene rings is 2. The van der Waals surface area contributed by atoms with Crippen molar-refractivity contribution in [2.45, 2.75) is 46.4 Å². The van der Waals surface area contributed by atoms with Crippen molar-refractivity contribution >= 4 is 23.6 Å². The lowest BCUT2D eigenvalue weighted by Gasteiger charge is -2.24. The highest BCUT2D eigenvalue weighted by Crippen LogP contribution is 2.20. The van der Waals surface area contributed by atoms with Gasteiger partial charge in [-0.2, -0.15) is 5.10 Å². The summed E-state index contributed by atoms with van der Waals surface area (Å²) < 4.78 is 7.65. The van der Waals surface area contributed by atoms with Gasteiger partial charge < -0.3 is 30.7 Å². The van der Waals surface area contributed by atoms with Gasteiger partial charge in [0.05, 0.1) is 31.4 Å². The summed E-state index contributed by atoms with van der Waals surface area (Å²) in [5.41, 5.74) is 4.18. The molecule has 0 saturated carbocycles. The summed E-state index contributed by atoms with van der Waals surface area (Å²) >= 11 is 0. The normalized spacial score (nSPS) is 17.7. The first kappa shape index (κ1) is 31.2. The number of rotatable bonds is 4. The first-order valence-corrected chi connectivity index (χ1v) is 14.2. The molecule has 12 heteroatoms. The van der Waals surface area contributed by atoms with E-state index in [1.807, 2.05) is 37.6 Å². The van der Waals surface area contributed by atoms with Crippen LogP contribution in [-0.2, 0) is 16.1 Å². The van der Waals surface area contributed by atoms with Crippen molar-refractivity contribution in [3.8, 4) is 5.75 Å². The van der Waals surface area contributed by atoms with E-state index in [0.717, 1.165) is 22.5 Å². The topological polar surface area (TPSA) is 155 Å². The highest BCUT2D eigenvalue weighted by atomic mass is 16.5. The number of amides is 4. The number of hydrogen-bond acceptors (Lipinski definition) is 7. The van der Waals surface area contributed by atoms with Crippen molar-refractivity contribution in [2.75, 3.05) is 32.8 Å². The summed E-state index contributed by atoms with van der Waals surface area (Å²) in [5.74, 6) is -1.52. The van der Waals surface area contributed by atoms with Crippen LogP contribution in [0.4, 0.5) is 0 Å². The van der Waals surface area contributed by atoms with E-state index in [1.54, 1.807) is 36.4 Å². The molecule has 0 unspecified atom stereocenters. The molecule has 0 aliphatic carbocycles. The van der Waals surface area contributed by atoms with Gasteiger partial charge in [-0.25, -0.2) is 0 Å². The van der Waals surface area contributed by atoms with E-state index in [0.29, 0.717) is 17.9 Å². The lowest BCUT2D eigenvalue weighted by atomic mass is 10.1. The van der Waals surface area contributed by atoms with Crippen LogP contribution in [0.15, 0.2) is 48.5 Å². The minimum absolute atomic E-state index is 0.0105. The van der Waals surface area contributed by atoms with E-state index in [9.17, 15) is 24.3 Å². The molecule has 1 aliphatic rings. The Morgan fingerprint density at radius 2 is 1.86 bits per heavy atom. The molecular weight excluding hydrogens is 552 g/mol. The maximum absolute atomic E-state index is 13.6. The quantitative estimate of drug-likeness (QED) is 0.355. The Morgan fingerprint density at radius 3 is 2.58 bits per heavy atom. The van der Waals surface area contributed by atoms with Crippen LogP contribution in [0.2, 0.25) is 0 Å². The zero-order valence-electron chi connectivity index (χ0n) is 24.8. The van der Waals surface area contributed by atoms with Gasteiger partial charge in [0, 0.05) is 29.9 Å². The molecule has 1 aromatic heterocycles. The lowest BCUT2D eigenvalue weighted by Crippen LogP contribution is -2.53. The second kappa shape index (κ2) is 14.0. The van der Waals surface area contributed by atoms with E-state index < -0.39 is 29.9 Å². The lowest BCUT2D eigenvalue weighted by molar-refractivity contribution is -0.125. The number of carbonyl (C=O) groups is 4. The Bertz CT molecular complexity index is 1500. The molecule has 3 aromatic rings. The molecule has 12 nitrogen and oxygen atoms in total.